The number of aromatic nitrogens is 8. The highest BCUT2D eigenvalue weighted by atomic mass is 15.1. The minimum absolute atomic E-state index is 0.526. The maximum absolute atomic E-state index is 5.45. The van der Waals surface area contributed by atoms with Gasteiger partial charge < -0.3 is 9.13 Å². The molecule has 8 nitrogen and oxygen atoms in total. The van der Waals surface area contributed by atoms with Gasteiger partial charge in [-0.15, -0.1) is 0 Å². The first-order valence-corrected chi connectivity index (χ1v) is 24.3. The summed E-state index contributed by atoms with van der Waals surface area (Å²) in [6.45, 7) is 8.62. The van der Waals surface area contributed by atoms with Gasteiger partial charge in [0.25, 0.3) is 0 Å². The van der Waals surface area contributed by atoms with E-state index in [2.05, 4.69) is 170 Å². The third-order valence-corrected chi connectivity index (χ3v) is 13.6. The zero-order valence-electron chi connectivity index (χ0n) is 40.2. The second-order valence-corrected chi connectivity index (χ2v) is 18.7. The number of rotatable bonds is 8. The van der Waals surface area contributed by atoms with E-state index in [-0.39, 0.29) is 0 Å². The Balaban J connectivity index is 1.23. The Bertz CT molecular complexity index is 3730. The van der Waals surface area contributed by atoms with Crippen LogP contribution in [-0.2, 0) is 0 Å². The number of benzene rings is 9. The monoisotopic (exact) mass is 926 g/mol. The normalized spacial score (nSPS) is 11.6. The molecule has 13 rings (SSSR count). The highest BCUT2D eigenvalue weighted by Crippen LogP contribution is 2.44. The molecular weight excluding hydrogens is 881 g/mol. The van der Waals surface area contributed by atoms with Crippen LogP contribution in [0.1, 0.15) is 22.3 Å². The molecule has 0 aliphatic heterocycles. The maximum Gasteiger partial charge on any atom is 0.166 e. The lowest BCUT2D eigenvalue weighted by molar-refractivity contribution is 1.05. The number of hydrogen-bond acceptors (Lipinski definition) is 6. The first-order valence-electron chi connectivity index (χ1n) is 24.3. The summed E-state index contributed by atoms with van der Waals surface area (Å²) in [7, 11) is 0. The van der Waals surface area contributed by atoms with E-state index in [4.69, 9.17) is 29.9 Å². The molecule has 342 valence electrons. The number of aryl methyl sites for hydroxylation is 4. The highest BCUT2D eigenvalue weighted by molar-refractivity contribution is 6.12. The van der Waals surface area contributed by atoms with Crippen molar-refractivity contribution in [1.29, 1.82) is 0 Å². The lowest BCUT2D eigenvalue weighted by Gasteiger charge is -2.21. The summed E-state index contributed by atoms with van der Waals surface area (Å²) in [5.74, 6) is 3.35. The number of nitrogens with zero attached hydrogens (tertiary/aromatic N) is 8. The minimum atomic E-state index is 0.526. The third kappa shape index (κ3) is 7.40. The predicted molar refractivity (Wildman–Crippen MR) is 293 cm³/mol. The second kappa shape index (κ2) is 17.2. The average molecular weight is 927 g/mol. The fourth-order valence-corrected chi connectivity index (χ4v) is 10.2. The highest BCUT2D eigenvalue weighted by Gasteiger charge is 2.27. The van der Waals surface area contributed by atoms with E-state index in [0.717, 1.165) is 88.4 Å². The molecule has 0 fully saturated rings. The molecule has 0 bridgehead atoms. The van der Waals surface area contributed by atoms with Crippen molar-refractivity contribution in [2.75, 3.05) is 0 Å². The van der Waals surface area contributed by atoms with Crippen LogP contribution in [0.2, 0.25) is 0 Å². The summed E-state index contributed by atoms with van der Waals surface area (Å²) in [5, 5.41) is 4.62. The van der Waals surface area contributed by atoms with Gasteiger partial charge in [-0.25, -0.2) is 29.9 Å². The third-order valence-electron chi connectivity index (χ3n) is 13.6. The molecule has 0 N–H and O–H groups in total. The molecule has 0 radical (unpaired) electrons. The Morgan fingerprint density at radius 2 is 0.486 bits per heavy atom. The van der Waals surface area contributed by atoms with E-state index < -0.39 is 0 Å². The molecular formula is C64H46N8. The first-order chi connectivity index (χ1) is 35.3. The van der Waals surface area contributed by atoms with Crippen LogP contribution in [0.15, 0.2) is 206 Å². The molecule has 0 aliphatic carbocycles. The van der Waals surface area contributed by atoms with Crippen molar-refractivity contribution in [3.63, 3.8) is 0 Å². The van der Waals surface area contributed by atoms with Crippen LogP contribution >= 0.6 is 0 Å². The van der Waals surface area contributed by atoms with E-state index in [9.17, 15) is 0 Å². The van der Waals surface area contributed by atoms with Crippen molar-refractivity contribution in [2.45, 2.75) is 27.7 Å². The van der Waals surface area contributed by atoms with Crippen LogP contribution in [0.25, 0.3) is 123 Å². The van der Waals surface area contributed by atoms with E-state index in [1.165, 1.54) is 22.3 Å². The summed E-state index contributed by atoms with van der Waals surface area (Å²) in [6.07, 6.45) is 0. The van der Waals surface area contributed by atoms with E-state index in [1.54, 1.807) is 0 Å². The molecule has 0 amide bonds. The Labute approximate surface area is 416 Å². The van der Waals surface area contributed by atoms with Crippen molar-refractivity contribution < 1.29 is 0 Å². The Kier molecular flexibility index (Phi) is 10.2. The molecule has 0 saturated heterocycles. The summed E-state index contributed by atoms with van der Waals surface area (Å²) in [4.78, 5) is 32.1. The van der Waals surface area contributed by atoms with Gasteiger partial charge in [-0.05, 0) is 88.4 Å². The number of hydrogen-bond donors (Lipinski definition) is 0. The lowest BCUT2D eigenvalue weighted by Crippen LogP contribution is -2.08. The molecule has 0 atom stereocenters. The molecule has 4 aromatic heterocycles. The van der Waals surface area contributed by atoms with Gasteiger partial charge in [0, 0.05) is 54.9 Å². The van der Waals surface area contributed by atoms with Crippen LogP contribution in [0.3, 0.4) is 0 Å². The number of fused-ring (bicyclic) bond motifs is 6. The minimum Gasteiger partial charge on any atom is -0.308 e. The van der Waals surface area contributed by atoms with Crippen molar-refractivity contribution in [1.82, 2.24) is 39.0 Å². The Morgan fingerprint density at radius 3 is 0.736 bits per heavy atom. The fraction of sp³-hybridized carbons (Fsp3) is 0.0625. The summed E-state index contributed by atoms with van der Waals surface area (Å²) >= 11 is 0. The van der Waals surface area contributed by atoms with Crippen molar-refractivity contribution >= 4 is 43.6 Å². The van der Waals surface area contributed by atoms with Crippen LogP contribution < -0.4 is 0 Å². The van der Waals surface area contributed by atoms with Crippen molar-refractivity contribution in [3.8, 4) is 79.7 Å². The van der Waals surface area contributed by atoms with Gasteiger partial charge in [-0.1, -0.05) is 168 Å². The Morgan fingerprint density at radius 1 is 0.250 bits per heavy atom. The fourth-order valence-electron chi connectivity index (χ4n) is 10.2. The van der Waals surface area contributed by atoms with Gasteiger partial charge in [0.05, 0.1) is 33.4 Å². The first kappa shape index (κ1) is 42.7. The molecule has 9 aromatic carbocycles. The molecule has 13 aromatic rings. The predicted octanol–water partition coefficient (Wildman–Crippen LogP) is 15.5. The van der Waals surface area contributed by atoms with E-state index in [1.807, 2.05) is 72.8 Å². The average Bonchev–Trinajstić information content (AvgIpc) is 3.91. The van der Waals surface area contributed by atoms with Gasteiger partial charge in [0.1, 0.15) is 0 Å². The van der Waals surface area contributed by atoms with E-state index >= 15 is 0 Å². The van der Waals surface area contributed by atoms with Crippen LogP contribution in [-0.4, -0.2) is 39.0 Å². The zero-order chi connectivity index (χ0) is 48.5. The zero-order valence-corrected chi connectivity index (χ0v) is 40.2. The van der Waals surface area contributed by atoms with Crippen LogP contribution in [0.4, 0.5) is 0 Å². The second-order valence-electron chi connectivity index (χ2n) is 18.7. The maximum atomic E-state index is 5.45. The molecule has 72 heavy (non-hydrogen) atoms. The van der Waals surface area contributed by atoms with Gasteiger partial charge in [0.15, 0.2) is 34.9 Å². The molecule has 8 heteroatoms. The summed E-state index contributed by atoms with van der Waals surface area (Å²) < 4.78 is 4.74. The van der Waals surface area contributed by atoms with Gasteiger partial charge >= 0.3 is 0 Å². The molecule has 0 spiro atoms. The topological polar surface area (TPSA) is 87.2 Å². The lowest BCUT2D eigenvalue weighted by atomic mass is 10.0. The van der Waals surface area contributed by atoms with Gasteiger partial charge in [0.2, 0.25) is 0 Å². The van der Waals surface area contributed by atoms with Crippen molar-refractivity contribution in [2.24, 2.45) is 0 Å². The standard InChI is InChI=1S/C64H46N8/c1-39-25-29-53-47(33-39)48-34-40(2)26-30-54(48)71(53)57-37-52(64-69-61(45-21-13-7-14-22-45)66-62(70-64)46-23-15-8-16-24-46)58(72-55-31-27-41(3)35-49(55)50-36-42(4)28-32-56(50)72)38-51(57)63-67-59(43-17-9-5-10-18-43)65-60(68-63)44-19-11-6-12-20-44/h5-38H,1-4H3. The largest absolute Gasteiger partial charge is 0.308 e. The molecule has 0 saturated carbocycles. The molecule has 0 aliphatic rings. The van der Waals surface area contributed by atoms with Crippen LogP contribution in [0, 0.1) is 27.7 Å². The summed E-state index contributed by atoms with van der Waals surface area (Å²) in [5.41, 5.74) is 15.8. The molecule has 4 heterocycles. The van der Waals surface area contributed by atoms with E-state index in [0.29, 0.717) is 34.9 Å². The summed E-state index contributed by atoms with van der Waals surface area (Å²) in [6, 6.07) is 72.1. The SMILES string of the molecule is Cc1ccc2c(c1)c1cc(C)ccc1n2-c1cc(-c2nc(-c3ccccc3)nc(-c3ccccc3)n2)c(-n2c3ccc(C)cc3c3cc(C)ccc32)cc1-c1nc(-c2ccccc2)nc(-c2ccccc2)n1. The molecule has 0 unspecified atom stereocenters. The Hall–Kier alpha value is -9.40. The van der Waals surface area contributed by atoms with Crippen LogP contribution in [0.5, 0.6) is 0 Å². The quantitative estimate of drug-likeness (QED) is 0.151. The smallest absolute Gasteiger partial charge is 0.166 e. The van der Waals surface area contributed by atoms with Gasteiger partial charge in [-0.3, -0.25) is 0 Å². The van der Waals surface area contributed by atoms with Crippen molar-refractivity contribution in [3.05, 3.63) is 229 Å². The van der Waals surface area contributed by atoms with Gasteiger partial charge in [-0.2, -0.15) is 0 Å².